The molecule has 0 N–H and O–H groups in total. The molecule has 6 heteroatoms. The van der Waals surface area contributed by atoms with Gasteiger partial charge in [0.25, 0.3) is 0 Å². The van der Waals surface area contributed by atoms with Crippen molar-refractivity contribution >= 4 is 35.3 Å². The average Bonchev–Trinajstić information content (AvgIpc) is 2.12. The van der Waals surface area contributed by atoms with E-state index in [0.29, 0.717) is 15.7 Å². The summed E-state index contributed by atoms with van der Waals surface area (Å²) < 4.78 is 0. The van der Waals surface area contributed by atoms with Gasteiger partial charge in [-0.3, -0.25) is 0 Å². The van der Waals surface area contributed by atoms with Gasteiger partial charge in [0.05, 0.1) is 0 Å². The molecule has 0 saturated heterocycles. The lowest BCUT2D eigenvalue weighted by Gasteiger charge is -2.10. The number of hydrogen-bond acceptors (Lipinski definition) is 6. The Labute approximate surface area is 123 Å². The van der Waals surface area contributed by atoms with Crippen LogP contribution < -0.4 is 0 Å². The maximum Gasteiger partial charge on any atom is 0.192 e. The van der Waals surface area contributed by atoms with Gasteiger partial charge < -0.3 is 0 Å². The quantitative estimate of drug-likeness (QED) is 0.726. The molecule has 1 heterocycles. The summed E-state index contributed by atoms with van der Waals surface area (Å²) in [4.78, 5) is 13.5. The fraction of sp³-hybridized carbons (Fsp3) is 0.750. The van der Waals surface area contributed by atoms with Crippen molar-refractivity contribution in [3.05, 3.63) is 0 Å². The monoisotopic (exact) mass is 303 g/mol. The lowest BCUT2D eigenvalue weighted by Crippen LogP contribution is -2.02. The normalized spacial score (nSPS) is 11.8. The van der Waals surface area contributed by atoms with Gasteiger partial charge in [0, 0.05) is 15.7 Å². The first-order chi connectivity index (χ1) is 8.36. The van der Waals surface area contributed by atoms with Crippen LogP contribution in [0.5, 0.6) is 0 Å². The SMILES string of the molecule is CC(C)Sc1nc(SC(C)C)nc(SC(C)C)n1. The minimum Gasteiger partial charge on any atom is -0.196 e. The minimum absolute atomic E-state index is 0.487. The van der Waals surface area contributed by atoms with Crippen molar-refractivity contribution in [1.82, 2.24) is 15.0 Å². The van der Waals surface area contributed by atoms with Gasteiger partial charge in [0.2, 0.25) is 0 Å². The Bertz CT molecular complexity index is 311. The van der Waals surface area contributed by atoms with E-state index in [9.17, 15) is 0 Å². The highest BCUT2D eigenvalue weighted by atomic mass is 32.2. The Morgan fingerprint density at radius 3 is 0.944 bits per heavy atom. The van der Waals surface area contributed by atoms with Crippen LogP contribution in [-0.4, -0.2) is 30.7 Å². The van der Waals surface area contributed by atoms with Gasteiger partial charge in [-0.1, -0.05) is 76.8 Å². The Kier molecular flexibility index (Phi) is 6.81. The molecule has 0 atom stereocenters. The van der Waals surface area contributed by atoms with Gasteiger partial charge in [0.15, 0.2) is 15.5 Å². The highest BCUT2D eigenvalue weighted by Gasteiger charge is 2.12. The standard InChI is InChI=1S/C12H21N3S3/c1-7(2)16-10-13-11(17-8(3)4)15-12(14-10)18-9(5)6/h7-9H,1-6H3. The zero-order valence-electron chi connectivity index (χ0n) is 11.8. The third-order valence-corrected chi connectivity index (χ3v) is 4.19. The number of nitrogens with zero attached hydrogens (tertiary/aromatic N) is 3. The summed E-state index contributed by atoms with van der Waals surface area (Å²) in [6.45, 7) is 12.9. The summed E-state index contributed by atoms with van der Waals surface area (Å²) in [5, 5.41) is 3.98. The van der Waals surface area contributed by atoms with Crippen molar-refractivity contribution in [2.24, 2.45) is 0 Å². The summed E-state index contributed by atoms with van der Waals surface area (Å²) >= 11 is 5.08. The Morgan fingerprint density at radius 1 is 0.556 bits per heavy atom. The van der Waals surface area contributed by atoms with Crippen molar-refractivity contribution in [2.75, 3.05) is 0 Å². The zero-order chi connectivity index (χ0) is 13.7. The van der Waals surface area contributed by atoms with Crippen LogP contribution in [0.25, 0.3) is 0 Å². The van der Waals surface area contributed by atoms with Crippen LogP contribution >= 0.6 is 35.3 Å². The first-order valence-corrected chi connectivity index (χ1v) is 8.76. The second-order valence-corrected chi connectivity index (χ2v) is 9.31. The van der Waals surface area contributed by atoms with Crippen molar-refractivity contribution in [2.45, 2.75) is 72.8 Å². The van der Waals surface area contributed by atoms with Crippen LogP contribution in [0.1, 0.15) is 41.5 Å². The fourth-order valence-electron chi connectivity index (χ4n) is 1.11. The zero-order valence-corrected chi connectivity index (χ0v) is 14.2. The maximum absolute atomic E-state index is 4.51. The number of aromatic nitrogens is 3. The summed E-state index contributed by atoms with van der Waals surface area (Å²) in [7, 11) is 0. The van der Waals surface area contributed by atoms with E-state index in [1.54, 1.807) is 35.3 Å². The highest BCUT2D eigenvalue weighted by molar-refractivity contribution is 8.01. The smallest absolute Gasteiger partial charge is 0.192 e. The van der Waals surface area contributed by atoms with Crippen LogP contribution in [0.4, 0.5) is 0 Å². The summed E-state index contributed by atoms with van der Waals surface area (Å²) in [6, 6.07) is 0. The minimum atomic E-state index is 0.487. The lowest BCUT2D eigenvalue weighted by atomic mass is 10.6. The number of rotatable bonds is 6. The van der Waals surface area contributed by atoms with Crippen molar-refractivity contribution in [3.63, 3.8) is 0 Å². The number of hydrogen-bond donors (Lipinski definition) is 0. The number of thioether (sulfide) groups is 3. The van der Waals surface area contributed by atoms with Crippen LogP contribution in [0.2, 0.25) is 0 Å². The predicted molar refractivity (Wildman–Crippen MR) is 82.8 cm³/mol. The fourth-order valence-corrected chi connectivity index (χ4v) is 3.38. The molecule has 0 amide bonds. The molecule has 0 saturated carbocycles. The van der Waals surface area contributed by atoms with Gasteiger partial charge in [0.1, 0.15) is 0 Å². The lowest BCUT2D eigenvalue weighted by molar-refractivity contribution is 0.712. The first-order valence-electron chi connectivity index (χ1n) is 6.13. The van der Waals surface area contributed by atoms with Gasteiger partial charge in [-0.2, -0.15) is 15.0 Å². The third kappa shape index (κ3) is 6.29. The van der Waals surface area contributed by atoms with Crippen molar-refractivity contribution in [1.29, 1.82) is 0 Å². The molecule has 0 aliphatic rings. The molecule has 102 valence electrons. The molecule has 0 fully saturated rings. The van der Waals surface area contributed by atoms with E-state index < -0.39 is 0 Å². The summed E-state index contributed by atoms with van der Waals surface area (Å²) in [6.07, 6.45) is 0. The average molecular weight is 304 g/mol. The van der Waals surface area contributed by atoms with E-state index >= 15 is 0 Å². The van der Waals surface area contributed by atoms with Gasteiger partial charge in [-0.15, -0.1) is 0 Å². The van der Waals surface area contributed by atoms with E-state index in [1.807, 2.05) is 0 Å². The molecule has 1 aromatic rings. The van der Waals surface area contributed by atoms with E-state index in [1.165, 1.54) is 0 Å². The molecule has 0 aliphatic carbocycles. The van der Waals surface area contributed by atoms with Crippen LogP contribution in [0.3, 0.4) is 0 Å². The van der Waals surface area contributed by atoms with Crippen LogP contribution in [0, 0.1) is 0 Å². The van der Waals surface area contributed by atoms with Gasteiger partial charge in [-0.05, 0) is 0 Å². The summed E-state index contributed by atoms with van der Waals surface area (Å²) in [5.41, 5.74) is 0. The Balaban J connectivity index is 2.95. The summed E-state index contributed by atoms with van der Waals surface area (Å²) in [5.74, 6) is 0. The van der Waals surface area contributed by atoms with Gasteiger partial charge in [-0.25, -0.2) is 0 Å². The molecule has 0 aromatic carbocycles. The van der Waals surface area contributed by atoms with E-state index in [4.69, 9.17) is 0 Å². The molecular weight excluding hydrogens is 282 g/mol. The molecule has 0 aliphatic heterocycles. The van der Waals surface area contributed by atoms with E-state index in [2.05, 4.69) is 56.5 Å². The molecule has 3 nitrogen and oxygen atoms in total. The predicted octanol–water partition coefficient (Wildman–Crippen LogP) is 4.37. The van der Waals surface area contributed by atoms with Crippen LogP contribution in [0.15, 0.2) is 15.5 Å². The van der Waals surface area contributed by atoms with Crippen molar-refractivity contribution in [3.8, 4) is 0 Å². The van der Waals surface area contributed by atoms with Crippen molar-refractivity contribution < 1.29 is 0 Å². The Morgan fingerprint density at radius 2 is 0.778 bits per heavy atom. The molecule has 0 spiro atoms. The molecule has 0 radical (unpaired) electrons. The molecule has 0 unspecified atom stereocenters. The molecule has 0 bridgehead atoms. The third-order valence-electron chi connectivity index (χ3n) is 1.60. The molecule has 1 rings (SSSR count). The largest absolute Gasteiger partial charge is 0.196 e. The molecular formula is C12H21N3S3. The maximum atomic E-state index is 4.51. The van der Waals surface area contributed by atoms with Crippen LogP contribution in [-0.2, 0) is 0 Å². The van der Waals surface area contributed by atoms with E-state index in [0.717, 1.165) is 15.5 Å². The topological polar surface area (TPSA) is 38.7 Å². The highest BCUT2D eigenvalue weighted by Crippen LogP contribution is 2.28. The molecule has 1 aromatic heterocycles. The Hall–Kier alpha value is 0.0600. The first kappa shape index (κ1) is 16.1. The van der Waals surface area contributed by atoms with Gasteiger partial charge >= 0.3 is 0 Å². The molecule has 18 heavy (non-hydrogen) atoms. The second-order valence-electron chi connectivity index (χ2n) is 4.68. The van der Waals surface area contributed by atoms with E-state index in [-0.39, 0.29) is 0 Å². The second kappa shape index (κ2) is 7.60.